The highest BCUT2D eigenvalue weighted by atomic mass is 32.2. The standard InChI is InChI=1S/C21H29N3O4S2/c1-3-24(4-2)30(26,27)18-8-5-7-17(15-18)21(25)22-16-19(20-9-6-14-29-20)23-10-12-28-13-11-23/h5-9,14-15,19H,3-4,10-13,16H2,1-2H3,(H,22,25)/t19-/m0/s1. The third-order valence-electron chi connectivity index (χ3n) is 5.25. The summed E-state index contributed by atoms with van der Waals surface area (Å²) in [7, 11) is -3.61. The number of carbonyl (C=O) groups excluding carboxylic acids is 1. The maximum atomic E-state index is 12.8. The first kappa shape index (κ1) is 22.9. The first-order valence-corrected chi connectivity index (χ1v) is 12.5. The van der Waals surface area contributed by atoms with Gasteiger partial charge in [0.1, 0.15) is 0 Å². The van der Waals surface area contributed by atoms with Gasteiger partial charge in [0.05, 0.1) is 24.2 Å². The molecule has 0 unspecified atom stereocenters. The van der Waals surface area contributed by atoms with Crippen molar-refractivity contribution in [2.24, 2.45) is 0 Å². The van der Waals surface area contributed by atoms with Gasteiger partial charge < -0.3 is 10.1 Å². The maximum Gasteiger partial charge on any atom is 0.251 e. The molecule has 1 saturated heterocycles. The lowest BCUT2D eigenvalue weighted by Crippen LogP contribution is -2.43. The summed E-state index contributed by atoms with van der Waals surface area (Å²) in [6.07, 6.45) is 0. The molecular weight excluding hydrogens is 422 g/mol. The number of nitrogens with zero attached hydrogens (tertiary/aromatic N) is 2. The van der Waals surface area contributed by atoms with Crippen molar-refractivity contribution in [3.63, 3.8) is 0 Å². The molecule has 1 aromatic carbocycles. The monoisotopic (exact) mass is 451 g/mol. The molecule has 0 radical (unpaired) electrons. The highest BCUT2D eigenvalue weighted by Gasteiger charge is 2.25. The molecule has 1 atom stereocenters. The second-order valence-electron chi connectivity index (χ2n) is 7.01. The number of nitrogens with one attached hydrogen (secondary N) is 1. The van der Waals surface area contributed by atoms with E-state index >= 15 is 0 Å². The van der Waals surface area contributed by atoms with Crippen LogP contribution in [0, 0.1) is 0 Å². The minimum absolute atomic E-state index is 0.0699. The van der Waals surface area contributed by atoms with E-state index in [9.17, 15) is 13.2 Å². The van der Waals surface area contributed by atoms with Crippen LogP contribution in [0.5, 0.6) is 0 Å². The zero-order valence-corrected chi connectivity index (χ0v) is 19.0. The van der Waals surface area contributed by atoms with Crippen LogP contribution in [0.4, 0.5) is 0 Å². The van der Waals surface area contributed by atoms with E-state index in [0.717, 1.165) is 13.1 Å². The minimum atomic E-state index is -3.61. The van der Waals surface area contributed by atoms with Gasteiger partial charge in [0.25, 0.3) is 5.91 Å². The Kier molecular flexibility index (Phi) is 8.01. The Balaban J connectivity index is 1.73. The lowest BCUT2D eigenvalue weighted by molar-refractivity contribution is 0.0169. The number of ether oxygens (including phenoxy) is 1. The van der Waals surface area contributed by atoms with E-state index in [1.54, 1.807) is 37.3 Å². The van der Waals surface area contributed by atoms with Gasteiger partial charge >= 0.3 is 0 Å². The first-order valence-electron chi connectivity index (χ1n) is 10.2. The fraction of sp³-hybridized carbons (Fsp3) is 0.476. The average Bonchev–Trinajstić information content (AvgIpc) is 3.30. The van der Waals surface area contributed by atoms with Crippen molar-refractivity contribution < 1.29 is 17.9 Å². The SMILES string of the molecule is CCN(CC)S(=O)(=O)c1cccc(C(=O)NC[C@@H](c2cccs2)N2CCOCC2)c1. The molecule has 1 aromatic heterocycles. The highest BCUT2D eigenvalue weighted by Crippen LogP contribution is 2.25. The van der Waals surface area contributed by atoms with Gasteiger partial charge in [-0.3, -0.25) is 9.69 Å². The van der Waals surface area contributed by atoms with Crippen LogP contribution in [0.2, 0.25) is 0 Å². The number of morpholine rings is 1. The molecular formula is C21H29N3O4S2. The summed E-state index contributed by atoms with van der Waals surface area (Å²) in [5, 5.41) is 5.03. The summed E-state index contributed by atoms with van der Waals surface area (Å²) < 4.78 is 32.4. The van der Waals surface area contributed by atoms with Crippen LogP contribution in [0.25, 0.3) is 0 Å². The van der Waals surface area contributed by atoms with E-state index in [0.29, 0.717) is 38.4 Å². The summed E-state index contributed by atoms with van der Waals surface area (Å²) >= 11 is 1.67. The van der Waals surface area contributed by atoms with Gasteiger partial charge in [-0.25, -0.2) is 8.42 Å². The number of amides is 1. The lowest BCUT2D eigenvalue weighted by Gasteiger charge is -2.34. The maximum absolute atomic E-state index is 12.8. The number of thiophene rings is 1. The molecule has 7 nitrogen and oxygen atoms in total. The highest BCUT2D eigenvalue weighted by molar-refractivity contribution is 7.89. The summed E-state index contributed by atoms with van der Waals surface area (Å²) in [4.78, 5) is 16.5. The molecule has 1 N–H and O–H groups in total. The van der Waals surface area contributed by atoms with Crippen LogP contribution in [-0.2, 0) is 14.8 Å². The molecule has 9 heteroatoms. The Morgan fingerprint density at radius 2 is 1.93 bits per heavy atom. The fourth-order valence-electron chi connectivity index (χ4n) is 3.58. The molecule has 0 spiro atoms. The third-order valence-corrected chi connectivity index (χ3v) is 8.27. The Bertz CT molecular complexity index is 921. The van der Waals surface area contributed by atoms with E-state index in [2.05, 4.69) is 16.3 Å². The van der Waals surface area contributed by atoms with E-state index in [1.807, 2.05) is 11.4 Å². The predicted octanol–water partition coefficient (Wildman–Crippen LogP) is 2.58. The Hall–Kier alpha value is -1.78. The van der Waals surface area contributed by atoms with E-state index < -0.39 is 10.0 Å². The molecule has 0 aliphatic carbocycles. The van der Waals surface area contributed by atoms with Crippen LogP contribution in [0.3, 0.4) is 0 Å². The van der Waals surface area contributed by atoms with Crippen molar-refractivity contribution in [3.8, 4) is 0 Å². The number of carbonyl (C=O) groups is 1. The average molecular weight is 452 g/mol. The summed E-state index contributed by atoms with van der Waals surface area (Å²) in [5.74, 6) is -0.276. The number of hydrogen-bond donors (Lipinski definition) is 1. The van der Waals surface area contributed by atoms with Gasteiger partial charge in [0, 0.05) is 43.2 Å². The molecule has 2 heterocycles. The molecule has 0 bridgehead atoms. The van der Waals surface area contributed by atoms with Crippen molar-refractivity contribution in [1.29, 1.82) is 0 Å². The van der Waals surface area contributed by atoms with Gasteiger partial charge in [-0.15, -0.1) is 11.3 Å². The van der Waals surface area contributed by atoms with Crippen molar-refractivity contribution >= 4 is 27.3 Å². The molecule has 0 saturated carbocycles. The quantitative estimate of drug-likeness (QED) is 0.634. The molecule has 30 heavy (non-hydrogen) atoms. The normalized spacial score (nSPS) is 16.5. The fourth-order valence-corrected chi connectivity index (χ4v) is 5.95. The molecule has 1 fully saturated rings. The van der Waals surface area contributed by atoms with Gasteiger partial charge in [-0.05, 0) is 29.6 Å². The Morgan fingerprint density at radius 1 is 1.20 bits per heavy atom. The summed E-state index contributed by atoms with van der Waals surface area (Å²) in [6.45, 7) is 7.82. The largest absolute Gasteiger partial charge is 0.379 e. The van der Waals surface area contributed by atoms with E-state index in [1.165, 1.54) is 21.3 Å². The van der Waals surface area contributed by atoms with E-state index in [4.69, 9.17) is 4.74 Å². The second-order valence-corrected chi connectivity index (χ2v) is 9.92. The third kappa shape index (κ3) is 5.28. The molecule has 2 aromatic rings. The lowest BCUT2D eigenvalue weighted by atomic mass is 10.1. The molecule has 1 amide bonds. The smallest absolute Gasteiger partial charge is 0.251 e. The first-order chi connectivity index (χ1) is 14.5. The van der Waals surface area contributed by atoms with Crippen molar-refractivity contribution in [2.75, 3.05) is 45.9 Å². The van der Waals surface area contributed by atoms with Crippen LogP contribution >= 0.6 is 11.3 Å². The number of sulfonamides is 1. The van der Waals surface area contributed by atoms with Gasteiger partial charge in [0.15, 0.2) is 0 Å². The summed E-state index contributed by atoms with van der Waals surface area (Å²) in [6, 6.07) is 10.4. The van der Waals surface area contributed by atoms with Crippen molar-refractivity contribution in [3.05, 3.63) is 52.2 Å². The van der Waals surface area contributed by atoms with Crippen molar-refractivity contribution in [2.45, 2.75) is 24.8 Å². The van der Waals surface area contributed by atoms with Crippen LogP contribution in [-0.4, -0.2) is 69.5 Å². The number of benzene rings is 1. The number of rotatable bonds is 9. The molecule has 1 aliphatic heterocycles. The van der Waals surface area contributed by atoms with Crippen LogP contribution in [0.15, 0.2) is 46.7 Å². The molecule has 164 valence electrons. The topological polar surface area (TPSA) is 79.0 Å². The molecule has 3 rings (SSSR count). The zero-order valence-electron chi connectivity index (χ0n) is 17.4. The zero-order chi connectivity index (χ0) is 21.6. The molecule has 1 aliphatic rings. The van der Waals surface area contributed by atoms with Crippen molar-refractivity contribution in [1.82, 2.24) is 14.5 Å². The van der Waals surface area contributed by atoms with Crippen LogP contribution in [0.1, 0.15) is 35.1 Å². The van der Waals surface area contributed by atoms with Gasteiger partial charge in [-0.1, -0.05) is 26.0 Å². The second kappa shape index (κ2) is 10.5. The Morgan fingerprint density at radius 3 is 2.57 bits per heavy atom. The van der Waals surface area contributed by atoms with E-state index in [-0.39, 0.29) is 16.8 Å². The Labute approximate surface area is 182 Å². The van der Waals surface area contributed by atoms with Gasteiger partial charge in [-0.2, -0.15) is 4.31 Å². The summed E-state index contributed by atoms with van der Waals surface area (Å²) in [5.41, 5.74) is 0.343. The predicted molar refractivity (Wildman–Crippen MR) is 118 cm³/mol. The van der Waals surface area contributed by atoms with Crippen LogP contribution < -0.4 is 5.32 Å². The number of hydrogen-bond acceptors (Lipinski definition) is 6. The minimum Gasteiger partial charge on any atom is -0.379 e. The van der Waals surface area contributed by atoms with Gasteiger partial charge in [0.2, 0.25) is 10.0 Å².